The molecule has 4 heteroatoms. The summed E-state index contributed by atoms with van der Waals surface area (Å²) in [6.07, 6.45) is 1.17. The second kappa shape index (κ2) is 4.49. The number of nitrogens with zero attached hydrogens (tertiary/aromatic N) is 1. The van der Waals surface area contributed by atoms with Crippen molar-refractivity contribution < 1.29 is 9.53 Å². The molecule has 0 saturated carbocycles. The van der Waals surface area contributed by atoms with E-state index in [1.807, 2.05) is 11.8 Å². The Kier molecular flexibility index (Phi) is 3.26. The van der Waals surface area contributed by atoms with Gasteiger partial charge in [-0.3, -0.25) is 4.79 Å². The summed E-state index contributed by atoms with van der Waals surface area (Å²) < 4.78 is 5.58. The van der Waals surface area contributed by atoms with Gasteiger partial charge in [-0.2, -0.15) is 0 Å². The molecule has 0 aromatic carbocycles. The third-order valence-corrected chi connectivity index (χ3v) is 3.35. The first-order chi connectivity index (χ1) is 7.22. The Morgan fingerprint density at radius 2 is 2.27 bits per heavy atom. The van der Waals surface area contributed by atoms with Gasteiger partial charge in [0, 0.05) is 19.6 Å². The first kappa shape index (κ1) is 10.9. The summed E-state index contributed by atoms with van der Waals surface area (Å²) in [6.45, 7) is 7.30. The molecule has 0 bridgehead atoms. The molecule has 2 rings (SSSR count). The normalized spacial score (nSPS) is 32.5. The van der Waals surface area contributed by atoms with E-state index in [1.165, 1.54) is 0 Å². The summed E-state index contributed by atoms with van der Waals surface area (Å²) in [5.74, 6) is 0.528. The topological polar surface area (TPSA) is 41.6 Å². The Hall–Kier alpha value is -0.610. The van der Waals surface area contributed by atoms with Crippen molar-refractivity contribution in [1.82, 2.24) is 10.2 Å². The van der Waals surface area contributed by atoms with Crippen molar-refractivity contribution >= 4 is 5.91 Å². The van der Waals surface area contributed by atoms with E-state index in [-0.39, 0.29) is 18.1 Å². The van der Waals surface area contributed by atoms with Gasteiger partial charge in [-0.1, -0.05) is 6.92 Å². The highest BCUT2D eigenvalue weighted by molar-refractivity contribution is 5.80. The zero-order valence-corrected chi connectivity index (χ0v) is 9.53. The minimum Gasteiger partial charge on any atom is -0.375 e. The van der Waals surface area contributed by atoms with Gasteiger partial charge in [0.05, 0.1) is 24.7 Å². The third kappa shape index (κ3) is 2.16. The van der Waals surface area contributed by atoms with Crippen molar-refractivity contribution in [2.24, 2.45) is 5.92 Å². The van der Waals surface area contributed by atoms with Crippen LogP contribution in [0, 0.1) is 5.92 Å². The molecule has 2 saturated heterocycles. The number of hydrogen-bond donors (Lipinski definition) is 1. The molecule has 2 fully saturated rings. The van der Waals surface area contributed by atoms with E-state index in [9.17, 15) is 4.79 Å². The van der Waals surface area contributed by atoms with Crippen LogP contribution in [0.25, 0.3) is 0 Å². The van der Waals surface area contributed by atoms with Crippen LogP contribution in [0.5, 0.6) is 0 Å². The molecule has 1 amide bonds. The fourth-order valence-corrected chi connectivity index (χ4v) is 2.15. The molecule has 2 unspecified atom stereocenters. The summed E-state index contributed by atoms with van der Waals surface area (Å²) in [5.41, 5.74) is 0. The lowest BCUT2D eigenvalue weighted by molar-refractivity contribution is -0.150. The van der Waals surface area contributed by atoms with E-state index >= 15 is 0 Å². The predicted octanol–water partition coefficient (Wildman–Crippen LogP) is 0.232. The number of rotatable bonds is 2. The molecule has 2 atom stereocenters. The third-order valence-electron chi connectivity index (χ3n) is 3.35. The van der Waals surface area contributed by atoms with Crippen LogP contribution < -0.4 is 5.32 Å². The second-order valence-corrected chi connectivity index (χ2v) is 4.55. The molecule has 15 heavy (non-hydrogen) atoms. The lowest BCUT2D eigenvalue weighted by Gasteiger charge is -2.41. The highest BCUT2D eigenvalue weighted by atomic mass is 16.5. The van der Waals surface area contributed by atoms with Crippen LogP contribution in [-0.2, 0) is 9.53 Å². The SMILES string of the molecule is CCC1COC(C)CN1C(=O)C1CNC1. The fourth-order valence-electron chi connectivity index (χ4n) is 2.15. The molecular formula is C11H20N2O2. The molecular weight excluding hydrogens is 192 g/mol. The second-order valence-electron chi connectivity index (χ2n) is 4.55. The smallest absolute Gasteiger partial charge is 0.228 e. The van der Waals surface area contributed by atoms with Gasteiger partial charge in [0.1, 0.15) is 0 Å². The highest BCUT2D eigenvalue weighted by Gasteiger charge is 2.35. The molecule has 2 aliphatic rings. The van der Waals surface area contributed by atoms with Crippen molar-refractivity contribution in [2.75, 3.05) is 26.2 Å². The molecule has 86 valence electrons. The zero-order valence-electron chi connectivity index (χ0n) is 9.53. The average molecular weight is 212 g/mol. The number of amides is 1. The average Bonchev–Trinajstić information content (AvgIpc) is 2.15. The summed E-state index contributed by atoms with van der Waals surface area (Å²) in [7, 11) is 0. The van der Waals surface area contributed by atoms with Gasteiger partial charge in [-0.15, -0.1) is 0 Å². The van der Waals surface area contributed by atoms with Crippen LogP contribution in [0.2, 0.25) is 0 Å². The van der Waals surface area contributed by atoms with Gasteiger partial charge >= 0.3 is 0 Å². The van der Waals surface area contributed by atoms with E-state index in [4.69, 9.17) is 4.74 Å². The summed E-state index contributed by atoms with van der Waals surface area (Å²) in [5, 5.41) is 3.15. The molecule has 2 aliphatic heterocycles. The van der Waals surface area contributed by atoms with Crippen molar-refractivity contribution in [2.45, 2.75) is 32.4 Å². The summed E-state index contributed by atoms with van der Waals surface area (Å²) >= 11 is 0. The minimum atomic E-state index is 0.185. The Morgan fingerprint density at radius 3 is 2.80 bits per heavy atom. The molecule has 0 aromatic rings. The molecule has 1 N–H and O–H groups in total. The Labute approximate surface area is 91.0 Å². The van der Waals surface area contributed by atoms with E-state index in [1.54, 1.807) is 0 Å². The number of morpholine rings is 1. The summed E-state index contributed by atoms with van der Waals surface area (Å²) in [4.78, 5) is 14.2. The molecule has 0 radical (unpaired) electrons. The van der Waals surface area contributed by atoms with E-state index in [0.29, 0.717) is 12.5 Å². The first-order valence-corrected chi connectivity index (χ1v) is 5.85. The first-order valence-electron chi connectivity index (χ1n) is 5.85. The Balaban J connectivity index is 1.99. The van der Waals surface area contributed by atoms with Gasteiger partial charge in [-0.05, 0) is 13.3 Å². The Bertz CT molecular complexity index is 241. The number of carbonyl (C=O) groups is 1. The van der Waals surface area contributed by atoms with Gasteiger partial charge in [0.25, 0.3) is 0 Å². The predicted molar refractivity (Wildman–Crippen MR) is 57.6 cm³/mol. The monoisotopic (exact) mass is 212 g/mol. The van der Waals surface area contributed by atoms with Crippen LogP contribution in [0.15, 0.2) is 0 Å². The lowest BCUT2D eigenvalue weighted by Crippen LogP contribution is -2.58. The van der Waals surface area contributed by atoms with Crippen molar-refractivity contribution in [3.63, 3.8) is 0 Å². The van der Waals surface area contributed by atoms with E-state index < -0.39 is 0 Å². The van der Waals surface area contributed by atoms with Crippen molar-refractivity contribution in [1.29, 1.82) is 0 Å². The molecule has 0 aliphatic carbocycles. The largest absolute Gasteiger partial charge is 0.375 e. The highest BCUT2D eigenvalue weighted by Crippen LogP contribution is 2.18. The molecule has 0 aromatic heterocycles. The minimum absolute atomic E-state index is 0.185. The standard InChI is InChI=1S/C11H20N2O2/c1-3-10-7-15-8(2)6-13(10)11(14)9-4-12-5-9/h8-10,12H,3-7H2,1-2H3. The van der Waals surface area contributed by atoms with Crippen LogP contribution in [0.4, 0.5) is 0 Å². The number of nitrogens with one attached hydrogen (secondary N) is 1. The van der Waals surface area contributed by atoms with Gasteiger partial charge in [0.15, 0.2) is 0 Å². The zero-order chi connectivity index (χ0) is 10.8. The number of carbonyl (C=O) groups excluding carboxylic acids is 1. The maximum atomic E-state index is 12.1. The van der Waals surface area contributed by atoms with Crippen LogP contribution >= 0.6 is 0 Å². The van der Waals surface area contributed by atoms with Gasteiger partial charge in [-0.25, -0.2) is 0 Å². The lowest BCUT2D eigenvalue weighted by atomic mass is 9.99. The van der Waals surface area contributed by atoms with Crippen LogP contribution in [0.3, 0.4) is 0 Å². The van der Waals surface area contributed by atoms with Crippen molar-refractivity contribution in [3.8, 4) is 0 Å². The van der Waals surface area contributed by atoms with Crippen LogP contribution in [-0.4, -0.2) is 49.2 Å². The number of ether oxygens (including phenoxy) is 1. The summed E-state index contributed by atoms with van der Waals surface area (Å²) in [6, 6.07) is 0.286. The number of hydrogen-bond acceptors (Lipinski definition) is 3. The Morgan fingerprint density at radius 1 is 1.53 bits per heavy atom. The van der Waals surface area contributed by atoms with Gasteiger partial charge < -0.3 is 15.0 Å². The molecule has 0 spiro atoms. The van der Waals surface area contributed by atoms with Crippen molar-refractivity contribution in [3.05, 3.63) is 0 Å². The fraction of sp³-hybridized carbons (Fsp3) is 0.909. The van der Waals surface area contributed by atoms with E-state index in [2.05, 4.69) is 12.2 Å². The van der Waals surface area contributed by atoms with Crippen LogP contribution in [0.1, 0.15) is 20.3 Å². The van der Waals surface area contributed by atoms with Gasteiger partial charge in [0.2, 0.25) is 5.91 Å². The maximum Gasteiger partial charge on any atom is 0.228 e. The molecule has 4 nitrogen and oxygen atoms in total. The quantitative estimate of drug-likeness (QED) is 0.712. The maximum absolute atomic E-state index is 12.1. The molecule has 2 heterocycles. The van der Waals surface area contributed by atoms with E-state index in [0.717, 1.165) is 26.1 Å².